The first-order valence-corrected chi connectivity index (χ1v) is 7.56. The summed E-state index contributed by atoms with van der Waals surface area (Å²) < 4.78 is 17.9. The Hall–Kier alpha value is -2.41. The van der Waals surface area contributed by atoms with Crippen LogP contribution < -0.4 is 5.32 Å². The zero-order valence-corrected chi connectivity index (χ0v) is 13.0. The van der Waals surface area contributed by atoms with Crippen molar-refractivity contribution < 1.29 is 13.7 Å². The number of anilines is 1. The van der Waals surface area contributed by atoms with Crippen LogP contribution in [0.1, 0.15) is 11.3 Å². The Kier molecular flexibility index (Phi) is 4.57. The maximum Gasteiger partial charge on any atom is 0.321 e. The van der Waals surface area contributed by atoms with Crippen molar-refractivity contribution in [2.75, 3.05) is 31.5 Å². The van der Waals surface area contributed by atoms with Crippen molar-refractivity contribution in [1.29, 1.82) is 0 Å². The van der Waals surface area contributed by atoms with E-state index in [0.29, 0.717) is 18.8 Å². The second-order valence-corrected chi connectivity index (χ2v) is 5.61. The standard InChI is InChI=1S/C16H19FN4O2/c1-12-13(10-18-23-12)11-20-6-8-21(9-7-20)16(22)19-15-4-2-14(17)3-5-15/h2-5,10H,6-9,11H2,1H3,(H,19,22). The van der Waals surface area contributed by atoms with E-state index in [2.05, 4.69) is 15.4 Å². The average Bonchev–Trinajstić information content (AvgIpc) is 2.95. The lowest BCUT2D eigenvalue weighted by Crippen LogP contribution is -2.49. The molecule has 1 aliphatic heterocycles. The van der Waals surface area contributed by atoms with Crippen molar-refractivity contribution in [1.82, 2.24) is 15.0 Å². The van der Waals surface area contributed by atoms with Crippen LogP contribution in [0.25, 0.3) is 0 Å². The smallest absolute Gasteiger partial charge is 0.321 e. The van der Waals surface area contributed by atoms with Crippen LogP contribution in [0.15, 0.2) is 35.0 Å². The number of nitrogens with one attached hydrogen (secondary N) is 1. The molecule has 1 aromatic heterocycles. The van der Waals surface area contributed by atoms with E-state index in [1.807, 2.05) is 6.92 Å². The second kappa shape index (κ2) is 6.78. The van der Waals surface area contributed by atoms with E-state index in [1.54, 1.807) is 23.2 Å². The maximum atomic E-state index is 12.9. The summed E-state index contributed by atoms with van der Waals surface area (Å²) in [7, 11) is 0. The molecule has 1 aliphatic rings. The fourth-order valence-electron chi connectivity index (χ4n) is 2.56. The molecule has 0 unspecified atom stereocenters. The van der Waals surface area contributed by atoms with Gasteiger partial charge < -0.3 is 14.7 Å². The highest BCUT2D eigenvalue weighted by molar-refractivity contribution is 5.89. The molecule has 1 aromatic carbocycles. The van der Waals surface area contributed by atoms with Crippen LogP contribution in [-0.2, 0) is 6.54 Å². The number of nitrogens with zero attached hydrogens (tertiary/aromatic N) is 3. The normalized spacial score (nSPS) is 15.7. The van der Waals surface area contributed by atoms with Crippen LogP contribution >= 0.6 is 0 Å². The molecule has 23 heavy (non-hydrogen) atoms. The molecule has 1 saturated heterocycles. The zero-order chi connectivity index (χ0) is 16.2. The number of benzene rings is 1. The average molecular weight is 318 g/mol. The van der Waals surface area contributed by atoms with Gasteiger partial charge in [0.05, 0.1) is 6.20 Å². The molecule has 0 atom stereocenters. The summed E-state index contributed by atoms with van der Waals surface area (Å²) in [6, 6.07) is 5.61. The number of rotatable bonds is 3. The number of carbonyl (C=O) groups excluding carboxylic acids is 1. The van der Waals surface area contributed by atoms with Crippen LogP contribution in [-0.4, -0.2) is 47.2 Å². The van der Waals surface area contributed by atoms with Crippen molar-refractivity contribution in [2.24, 2.45) is 0 Å². The van der Waals surface area contributed by atoms with Gasteiger partial charge in [-0.3, -0.25) is 4.90 Å². The number of carbonyl (C=O) groups is 1. The molecule has 0 saturated carbocycles. The third kappa shape index (κ3) is 3.87. The van der Waals surface area contributed by atoms with Gasteiger partial charge >= 0.3 is 6.03 Å². The maximum absolute atomic E-state index is 12.9. The largest absolute Gasteiger partial charge is 0.361 e. The van der Waals surface area contributed by atoms with Gasteiger partial charge in [0, 0.05) is 44.0 Å². The molecule has 0 bridgehead atoms. The molecule has 0 spiro atoms. The van der Waals surface area contributed by atoms with Gasteiger partial charge in [-0.1, -0.05) is 5.16 Å². The number of hydrogen-bond donors (Lipinski definition) is 1. The molecule has 0 radical (unpaired) electrons. The Morgan fingerprint density at radius 3 is 2.57 bits per heavy atom. The molecule has 2 amide bonds. The molecular weight excluding hydrogens is 299 g/mol. The number of amides is 2. The van der Waals surface area contributed by atoms with Gasteiger partial charge in [-0.2, -0.15) is 0 Å². The highest BCUT2D eigenvalue weighted by Crippen LogP contribution is 2.13. The van der Waals surface area contributed by atoms with E-state index in [0.717, 1.165) is 31.0 Å². The van der Waals surface area contributed by atoms with Crippen molar-refractivity contribution >= 4 is 11.7 Å². The summed E-state index contributed by atoms with van der Waals surface area (Å²) in [5.74, 6) is 0.516. The lowest BCUT2D eigenvalue weighted by Gasteiger charge is -2.34. The Morgan fingerprint density at radius 2 is 1.96 bits per heavy atom. The molecule has 2 heterocycles. The van der Waals surface area contributed by atoms with Gasteiger partial charge in [0.2, 0.25) is 0 Å². The lowest BCUT2D eigenvalue weighted by molar-refractivity contribution is 0.142. The highest BCUT2D eigenvalue weighted by Gasteiger charge is 2.22. The Bertz CT molecular complexity index is 663. The van der Waals surface area contributed by atoms with E-state index >= 15 is 0 Å². The molecule has 1 fully saturated rings. The monoisotopic (exact) mass is 318 g/mol. The van der Waals surface area contributed by atoms with Gasteiger partial charge in [0.1, 0.15) is 11.6 Å². The minimum Gasteiger partial charge on any atom is -0.361 e. The van der Waals surface area contributed by atoms with Crippen LogP contribution in [0.5, 0.6) is 0 Å². The molecule has 3 rings (SSSR count). The molecule has 1 N–H and O–H groups in total. The predicted octanol–water partition coefficient (Wildman–Crippen LogP) is 2.47. The SMILES string of the molecule is Cc1oncc1CN1CCN(C(=O)Nc2ccc(F)cc2)CC1. The quantitative estimate of drug-likeness (QED) is 0.944. The predicted molar refractivity (Wildman–Crippen MR) is 83.5 cm³/mol. The summed E-state index contributed by atoms with van der Waals surface area (Å²) in [5.41, 5.74) is 1.67. The number of aromatic nitrogens is 1. The van der Waals surface area contributed by atoms with Crippen LogP contribution in [0.3, 0.4) is 0 Å². The van der Waals surface area contributed by atoms with Crippen LogP contribution in [0.4, 0.5) is 14.9 Å². The zero-order valence-electron chi connectivity index (χ0n) is 13.0. The van der Waals surface area contributed by atoms with E-state index in [1.165, 1.54) is 12.1 Å². The lowest BCUT2D eigenvalue weighted by atomic mass is 10.2. The minimum atomic E-state index is -0.319. The van der Waals surface area contributed by atoms with E-state index < -0.39 is 0 Å². The number of hydrogen-bond acceptors (Lipinski definition) is 4. The van der Waals surface area contributed by atoms with E-state index in [-0.39, 0.29) is 11.8 Å². The van der Waals surface area contributed by atoms with Crippen molar-refractivity contribution in [2.45, 2.75) is 13.5 Å². The summed E-state index contributed by atoms with van der Waals surface area (Å²) in [6.07, 6.45) is 1.74. The van der Waals surface area contributed by atoms with Gasteiger partial charge in [0.15, 0.2) is 0 Å². The fraction of sp³-hybridized carbons (Fsp3) is 0.375. The van der Waals surface area contributed by atoms with Crippen LogP contribution in [0.2, 0.25) is 0 Å². The Balaban J connectivity index is 1.49. The second-order valence-electron chi connectivity index (χ2n) is 5.61. The third-order valence-corrected chi connectivity index (χ3v) is 4.00. The van der Waals surface area contributed by atoms with Gasteiger partial charge in [-0.05, 0) is 31.2 Å². The van der Waals surface area contributed by atoms with E-state index in [4.69, 9.17) is 4.52 Å². The van der Waals surface area contributed by atoms with Gasteiger partial charge in [-0.25, -0.2) is 9.18 Å². The first kappa shape index (κ1) is 15.5. The summed E-state index contributed by atoms with van der Waals surface area (Å²) in [4.78, 5) is 16.2. The van der Waals surface area contributed by atoms with Crippen molar-refractivity contribution in [3.05, 3.63) is 47.6 Å². The Morgan fingerprint density at radius 1 is 1.26 bits per heavy atom. The van der Waals surface area contributed by atoms with Crippen molar-refractivity contribution in [3.63, 3.8) is 0 Å². The third-order valence-electron chi connectivity index (χ3n) is 4.00. The van der Waals surface area contributed by atoms with Crippen LogP contribution in [0, 0.1) is 12.7 Å². The molecule has 122 valence electrons. The molecule has 0 aliphatic carbocycles. The first-order valence-electron chi connectivity index (χ1n) is 7.56. The minimum absolute atomic E-state index is 0.155. The molecule has 7 heteroatoms. The van der Waals surface area contributed by atoms with Gasteiger partial charge in [0.25, 0.3) is 0 Å². The number of urea groups is 1. The summed E-state index contributed by atoms with van der Waals surface area (Å²) >= 11 is 0. The summed E-state index contributed by atoms with van der Waals surface area (Å²) in [6.45, 7) is 5.56. The first-order chi connectivity index (χ1) is 11.1. The molecule has 6 nitrogen and oxygen atoms in total. The topological polar surface area (TPSA) is 61.6 Å². The number of halogens is 1. The van der Waals surface area contributed by atoms with E-state index in [9.17, 15) is 9.18 Å². The summed E-state index contributed by atoms with van der Waals surface area (Å²) in [5, 5.41) is 6.57. The highest BCUT2D eigenvalue weighted by atomic mass is 19.1. The molecular formula is C16H19FN4O2. The Labute approximate surface area is 133 Å². The molecule has 2 aromatic rings. The van der Waals surface area contributed by atoms with Gasteiger partial charge in [-0.15, -0.1) is 0 Å². The fourth-order valence-corrected chi connectivity index (χ4v) is 2.56. The van der Waals surface area contributed by atoms with Crippen molar-refractivity contribution in [3.8, 4) is 0 Å². The number of piperazine rings is 1. The number of aryl methyl sites for hydroxylation is 1.